The molecular weight excluding hydrogens is 677 g/mol. The Bertz CT molecular complexity index is 2870. The molecule has 0 aliphatic carbocycles. The van der Waals surface area contributed by atoms with E-state index in [0.717, 1.165) is 28.3 Å². The molecule has 0 spiro atoms. The average molecular weight is 715 g/mol. The van der Waals surface area contributed by atoms with Gasteiger partial charge < -0.3 is 9.47 Å². The van der Waals surface area contributed by atoms with Gasteiger partial charge >= 0.3 is 0 Å². The van der Waals surface area contributed by atoms with Gasteiger partial charge in [-0.2, -0.15) is 0 Å². The van der Waals surface area contributed by atoms with Crippen molar-refractivity contribution in [3.63, 3.8) is 0 Å². The molecular formula is C54H38N2. The Hall–Kier alpha value is -7.42. The van der Waals surface area contributed by atoms with Gasteiger partial charge in [0.05, 0.1) is 22.4 Å². The van der Waals surface area contributed by atoms with Crippen LogP contribution in [-0.4, -0.2) is 4.57 Å². The molecule has 0 aliphatic rings. The monoisotopic (exact) mass is 714 g/mol. The average Bonchev–Trinajstić information content (AvgIpc) is 3.62. The minimum Gasteiger partial charge on any atom is -0.310 e. The molecule has 0 aliphatic heterocycles. The SMILES string of the molecule is c1ccc(-c2ccc(N(c3ccc(-c4cccc(-n5c6ccccc6c6ccccc65)c4-c4ccccc4)cc3)c3ccccc3-c3ccccc3)cc2)cc1. The highest BCUT2D eigenvalue weighted by Crippen LogP contribution is 2.44. The minimum absolute atomic E-state index is 1.09. The zero-order chi connectivity index (χ0) is 37.3. The second-order valence-corrected chi connectivity index (χ2v) is 14.1. The summed E-state index contributed by atoms with van der Waals surface area (Å²) in [7, 11) is 0. The fourth-order valence-electron chi connectivity index (χ4n) is 8.24. The van der Waals surface area contributed by atoms with E-state index in [1.165, 1.54) is 60.8 Å². The maximum absolute atomic E-state index is 2.44. The molecule has 1 aromatic heterocycles. The van der Waals surface area contributed by atoms with E-state index in [9.17, 15) is 0 Å². The van der Waals surface area contributed by atoms with Gasteiger partial charge in [-0.05, 0) is 81.9 Å². The van der Waals surface area contributed by atoms with Crippen molar-refractivity contribution in [1.82, 2.24) is 4.57 Å². The Morgan fingerprint density at radius 3 is 1.32 bits per heavy atom. The van der Waals surface area contributed by atoms with Gasteiger partial charge in [0.2, 0.25) is 0 Å². The van der Waals surface area contributed by atoms with Crippen LogP contribution < -0.4 is 4.90 Å². The molecule has 0 bridgehead atoms. The molecule has 2 nitrogen and oxygen atoms in total. The number of fused-ring (bicyclic) bond motifs is 3. The Kier molecular flexibility index (Phi) is 8.55. The van der Waals surface area contributed by atoms with Crippen LogP contribution in [0.5, 0.6) is 0 Å². The maximum atomic E-state index is 2.44. The minimum atomic E-state index is 1.09. The molecule has 0 amide bonds. The Balaban J connectivity index is 1.14. The Morgan fingerprint density at radius 2 is 0.714 bits per heavy atom. The normalized spacial score (nSPS) is 11.2. The van der Waals surface area contributed by atoms with Crippen molar-refractivity contribution in [2.45, 2.75) is 0 Å². The van der Waals surface area contributed by atoms with Crippen LogP contribution in [0.2, 0.25) is 0 Å². The summed E-state index contributed by atoms with van der Waals surface area (Å²) >= 11 is 0. The largest absolute Gasteiger partial charge is 0.310 e. The van der Waals surface area contributed by atoms with Crippen LogP contribution in [-0.2, 0) is 0 Å². The topological polar surface area (TPSA) is 8.17 Å². The van der Waals surface area contributed by atoms with Gasteiger partial charge in [-0.25, -0.2) is 0 Å². The molecule has 0 N–H and O–H groups in total. The third-order valence-corrected chi connectivity index (χ3v) is 10.8. The van der Waals surface area contributed by atoms with Gasteiger partial charge in [0.1, 0.15) is 0 Å². The first kappa shape index (κ1) is 33.2. The van der Waals surface area contributed by atoms with E-state index in [2.05, 4.69) is 240 Å². The zero-order valence-corrected chi connectivity index (χ0v) is 30.8. The number of rotatable bonds is 8. The van der Waals surface area contributed by atoms with E-state index >= 15 is 0 Å². The van der Waals surface area contributed by atoms with E-state index in [-0.39, 0.29) is 0 Å². The van der Waals surface area contributed by atoms with Gasteiger partial charge in [-0.15, -0.1) is 0 Å². The number of para-hydroxylation sites is 3. The van der Waals surface area contributed by atoms with Crippen LogP contribution in [0.25, 0.3) is 72.0 Å². The quantitative estimate of drug-likeness (QED) is 0.152. The highest BCUT2D eigenvalue weighted by atomic mass is 15.1. The summed E-state index contributed by atoms with van der Waals surface area (Å²) in [4.78, 5) is 2.38. The van der Waals surface area contributed by atoms with Gasteiger partial charge in [0.25, 0.3) is 0 Å². The summed E-state index contributed by atoms with van der Waals surface area (Å²) in [6.07, 6.45) is 0. The predicted molar refractivity (Wildman–Crippen MR) is 237 cm³/mol. The lowest BCUT2D eigenvalue weighted by molar-refractivity contribution is 1.18. The van der Waals surface area contributed by atoms with E-state index in [0.29, 0.717) is 0 Å². The number of benzene rings is 9. The molecule has 264 valence electrons. The second-order valence-electron chi connectivity index (χ2n) is 14.1. The maximum Gasteiger partial charge on any atom is 0.0546 e. The van der Waals surface area contributed by atoms with Crippen molar-refractivity contribution >= 4 is 38.9 Å². The highest BCUT2D eigenvalue weighted by molar-refractivity contribution is 6.10. The number of hydrogen-bond acceptors (Lipinski definition) is 1. The first-order valence-electron chi connectivity index (χ1n) is 19.2. The summed E-state index contributed by atoms with van der Waals surface area (Å²) in [6.45, 7) is 0. The third-order valence-electron chi connectivity index (χ3n) is 10.8. The van der Waals surface area contributed by atoms with E-state index in [1.807, 2.05) is 0 Å². The van der Waals surface area contributed by atoms with E-state index in [4.69, 9.17) is 0 Å². The number of aromatic nitrogens is 1. The van der Waals surface area contributed by atoms with Gasteiger partial charge in [-0.1, -0.05) is 182 Å². The summed E-state index contributed by atoms with van der Waals surface area (Å²) < 4.78 is 2.44. The van der Waals surface area contributed by atoms with E-state index < -0.39 is 0 Å². The summed E-state index contributed by atoms with van der Waals surface area (Å²) in [5, 5.41) is 2.51. The highest BCUT2D eigenvalue weighted by Gasteiger charge is 2.21. The van der Waals surface area contributed by atoms with Gasteiger partial charge in [0.15, 0.2) is 0 Å². The summed E-state index contributed by atoms with van der Waals surface area (Å²) in [5.74, 6) is 0. The molecule has 0 saturated carbocycles. The fourth-order valence-corrected chi connectivity index (χ4v) is 8.24. The second kappa shape index (κ2) is 14.4. The molecule has 9 aromatic carbocycles. The number of nitrogens with zero attached hydrogens (tertiary/aromatic N) is 2. The first-order valence-corrected chi connectivity index (χ1v) is 19.2. The molecule has 0 radical (unpaired) electrons. The lowest BCUT2D eigenvalue weighted by atomic mass is 9.92. The molecule has 0 unspecified atom stereocenters. The zero-order valence-electron chi connectivity index (χ0n) is 30.8. The van der Waals surface area contributed by atoms with E-state index in [1.54, 1.807) is 0 Å². The van der Waals surface area contributed by atoms with Crippen molar-refractivity contribution in [2.75, 3.05) is 4.90 Å². The fraction of sp³-hybridized carbons (Fsp3) is 0. The van der Waals surface area contributed by atoms with Crippen molar-refractivity contribution in [2.24, 2.45) is 0 Å². The third kappa shape index (κ3) is 5.95. The lowest BCUT2D eigenvalue weighted by Crippen LogP contribution is -2.11. The van der Waals surface area contributed by atoms with Crippen LogP contribution in [0.1, 0.15) is 0 Å². The van der Waals surface area contributed by atoms with Crippen LogP contribution in [0.4, 0.5) is 17.1 Å². The molecule has 10 aromatic rings. The van der Waals surface area contributed by atoms with Crippen LogP contribution >= 0.6 is 0 Å². The first-order chi connectivity index (χ1) is 27.8. The smallest absolute Gasteiger partial charge is 0.0546 e. The van der Waals surface area contributed by atoms with Gasteiger partial charge in [-0.3, -0.25) is 0 Å². The Morgan fingerprint density at radius 1 is 0.286 bits per heavy atom. The molecule has 56 heavy (non-hydrogen) atoms. The van der Waals surface area contributed by atoms with Crippen LogP contribution in [0, 0.1) is 0 Å². The van der Waals surface area contributed by atoms with Crippen LogP contribution in [0.3, 0.4) is 0 Å². The summed E-state index contributed by atoms with van der Waals surface area (Å²) in [5.41, 5.74) is 16.3. The van der Waals surface area contributed by atoms with Crippen molar-refractivity contribution in [3.05, 3.63) is 231 Å². The van der Waals surface area contributed by atoms with Crippen molar-refractivity contribution in [3.8, 4) is 50.2 Å². The summed E-state index contributed by atoms with van der Waals surface area (Å²) in [6, 6.07) is 83.0. The molecule has 2 heteroatoms. The predicted octanol–water partition coefficient (Wildman–Crippen LogP) is 14.9. The number of hydrogen-bond donors (Lipinski definition) is 0. The molecule has 10 rings (SSSR count). The molecule has 0 atom stereocenters. The van der Waals surface area contributed by atoms with Gasteiger partial charge in [0, 0.05) is 33.3 Å². The molecule has 0 saturated heterocycles. The standard InChI is InChI=1S/C54H38N2/c1-4-17-39(18-5-1)40-31-35-44(36-32-40)55(50-27-13-10-23-46(50)41-19-6-2-7-20-41)45-37-33-42(34-38-45)47-26-16-30-53(54(47)43-21-8-3-9-22-43)56-51-28-14-11-24-48(51)49-25-12-15-29-52(49)56/h1-38H. The molecule has 0 fully saturated rings. The Labute approximate surface area is 327 Å². The molecule has 1 heterocycles. The van der Waals surface area contributed by atoms with Crippen molar-refractivity contribution < 1.29 is 0 Å². The lowest BCUT2D eigenvalue weighted by Gasteiger charge is -2.28. The number of anilines is 3. The van der Waals surface area contributed by atoms with Crippen molar-refractivity contribution in [1.29, 1.82) is 0 Å². The van der Waals surface area contributed by atoms with Crippen LogP contribution in [0.15, 0.2) is 231 Å².